The summed E-state index contributed by atoms with van der Waals surface area (Å²) in [5.41, 5.74) is 1.28. The van der Waals surface area contributed by atoms with Gasteiger partial charge >= 0.3 is 0 Å². The Hall–Kier alpha value is -3.97. The molecule has 3 rings (SSSR count). The Morgan fingerprint density at radius 2 is 1.83 bits per heavy atom. The lowest BCUT2D eigenvalue weighted by molar-refractivity contribution is -0.384. The zero-order valence-corrected chi connectivity index (χ0v) is 16.2. The van der Waals surface area contributed by atoms with Crippen molar-refractivity contribution in [1.29, 1.82) is 5.26 Å². The molecular formula is C20H14N4O5S. The lowest BCUT2D eigenvalue weighted by atomic mass is 10.1. The molecule has 1 aliphatic heterocycles. The fourth-order valence-corrected chi connectivity index (χ4v) is 3.48. The molecule has 1 saturated heterocycles. The molecular weight excluding hydrogens is 408 g/mol. The van der Waals surface area contributed by atoms with Gasteiger partial charge in [-0.3, -0.25) is 29.4 Å². The number of amides is 3. The smallest absolute Gasteiger partial charge is 0.293 e. The molecule has 0 radical (unpaired) electrons. The number of imide groups is 1. The van der Waals surface area contributed by atoms with Crippen molar-refractivity contribution in [3.05, 3.63) is 80.2 Å². The van der Waals surface area contributed by atoms with Crippen molar-refractivity contribution >= 4 is 40.6 Å². The topological polar surface area (TPSA) is 133 Å². The van der Waals surface area contributed by atoms with E-state index < -0.39 is 16.1 Å². The van der Waals surface area contributed by atoms with Gasteiger partial charge in [0, 0.05) is 30.8 Å². The van der Waals surface area contributed by atoms with Gasteiger partial charge in [0.15, 0.2) is 0 Å². The van der Waals surface area contributed by atoms with Crippen molar-refractivity contribution in [2.45, 2.75) is 0 Å². The first-order valence-electron chi connectivity index (χ1n) is 8.67. The number of nitriles is 1. The minimum Gasteiger partial charge on any atom is -0.350 e. The quantitative estimate of drug-likeness (QED) is 0.430. The molecule has 1 aliphatic rings. The van der Waals surface area contributed by atoms with Crippen LogP contribution >= 0.6 is 11.8 Å². The van der Waals surface area contributed by atoms with Crippen molar-refractivity contribution in [2.24, 2.45) is 0 Å². The van der Waals surface area contributed by atoms with Crippen LogP contribution in [0.1, 0.15) is 21.5 Å². The van der Waals surface area contributed by atoms with Crippen LogP contribution in [-0.2, 0) is 4.79 Å². The molecule has 30 heavy (non-hydrogen) atoms. The van der Waals surface area contributed by atoms with Crippen LogP contribution in [-0.4, -0.2) is 40.0 Å². The monoisotopic (exact) mass is 422 g/mol. The van der Waals surface area contributed by atoms with Crippen LogP contribution in [0.25, 0.3) is 6.08 Å². The van der Waals surface area contributed by atoms with E-state index in [1.807, 2.05) is 6.07 Å². The second kappa shape index (κ2) is 9.02. The Kier molecular flexibility index (Phi) is 6.24. The van der Waals surface area contributed by atoms with E-state index in [1.54, 1.807) is 0 Å². The van der Waals surface area contributed by atoms with Gasteiger partial charge in [-0.15, -0.1) is 0 Å². The summed E-state index contributed by atoms with van der Waals surface area (Å²) < 4.78 is 0. The largest absolute Gasteiger partial charge is 0.350 e. The van der Waals surface area contributed by atoms with Crippen LogP contribution in [0.15, 0.2) is 53.4 Å². The molecule has 0 atom stereocenters. The number of nitrogens with one attached hydrogen (secondary N) is 1. The molecule has 0 aromatic heterocycles. The summed E-state index contributed by atoms with van der Waals surface area (Å²) in [6.45, 7) is 0.0754. The third kappa shape index (κ3) is 4.71. The molecule has 0 spiro atoms. The highest BCUT2D eigenvalue weighted by Crippen LogP contribution is 2.32. The standard InChI is InChI=1S/C20H14N4O5S/c21-12-14-1-5-15(6-2-14)18(25)22-9-10-23-19(26)17(30-20(23)27)11-13-3-7-16(8-4-13)24(28)29/h1-8,11H,9-10H2,(H,22,25)/b17-11-. The highest BCUT2D eigenvalue weighted by molar-refractivity contribution is 8.18. The maximum Gasteiger partial charge on any atom is 0.293 e. The Labute approximate surface area is 175 Å². The molecule has 1 fully saturated rings. The van der Waals surface area contributed by atoms with E-state index in [-0.39, 0.29) is 29.6 Å². The average Bonchev–Trinajstić information content (AvgIpc) is 3.01. The van der Waals surface area contributed by atoms with Gasteiger partial charge in [0.25, 0.3) is 22.7 Å². The fourth-order valence-electron chi connectivity index (χ4n) is 2.62. The van der Waals surface area contributed by atoms with Crippen LogP contribution in [0, 0.1) is 21.4 Å². The van der Waals surface area contributed by atoms with E-state index in [2.05, 4.69) is 5.32 Å². The van der Waals surface area contributed by atoms with E-state index in [0.717, 1.165) is 16.7 Å². The summed E-state index contributed by atoms with van der Waals surface area (Å²) in [6, 6.07) is 13.6. The van der Waals surface area contributed by atoms with Gasteiger partial charge in [0.2, 0.25) is 0 Å². The lowest BCUT2D eigenvalue weighted by Crippen LogP contribution is -2.37. The number of rotatable bonds is 6. The summed E-state index contributed by atoms with van der Waals surface area (Å²) in [7, 11) is 0. The normalized spacial score (nSPS) is 14.6. The molecule has 9 nitrogen and oxygen atoms in total. The summed E-state index contributed by atoms with van der Waals surface area (Å²) in [4.78, 5) is 48.1. The molecule has 1 N–H and O–H groups in total. The third-order valence-corrected chi connectivity index (χ3v) is 5.08. The Balaban J connectivity index is 1.58. The van der Waals surface area contributed by atoms with E-state index in [0.29, 0.717) is 16.7 Å². The third-order valence-electron chi connectivity index (χ3n) is 4.17. The van der Waals surface area contributed by atoms with Gasteiger partial charge in [0.05, 0.1) is 21.5 Å². The number of hydrogen-bond acceptors (Lipinski definition) is 7. The summed E-state index contributed by atoms with van der Waals surface area (Å²) in [6.07, 6.45) is 1.49. The first-order chi connectivity index (χ1) is 14.4. The van der Waals surface area contributed by atoms with Gasteiger partial charge in [-0.25, -0.2) is 0 Å². The van der Waals surface area contributed by atoms with Crippen molar-refractivity contribution < 1.29 is 19.3 Å². The average molecular weight is 422 g/mol. The van der Waals surface area contributed by atoms with Crippen molar-refractivity contribution in [1.82, 2.24) is 10.2 Å². The van der Waals surface area contributed by atoms with Crippen molar-refractivity contribution in [2.75, 3.05) is 13.1 Å². The highest BCUT2D eigenvalue weighted by Gasteiger charge is 2.34. The van der Waals surface area contributed by atoms with Crippen molar-refractivity contribution in [3.8, 4) is 6.07 Å². The molecule has 1 heterocycles. The first-order valence-corrected chi connectivity index (χ1v) is 9.49. The number of carbonyl (C=O) groups is 3. The summed E-state index contributed by atoms with van der Waals surface area (Å²) in [5, 5.41) is 21.6. The minimum absolute atomic E-state index is 0.00425. The number of non-ortho nitro benzene ring substituents is 1. The number of nitrogens with zero attached hydrogens (tertiary/aromatic N) is 3. The van der Waals surface area contributed by atoms with Crippen LogP contribution in [0.2, 0.25) is 0 Å². The number of nitro groups is 1. The van der Waals surface area contributed by atoms with E-state index in [4.69, 9.17) is 5.26 Å². The molecule has 3 amide bonds. The van der Waals surface area contributed by atoms with Gasteiger partial charge in [-0.1, -0.05) is 0 Å². The van der Waals surface area contributed by atoms with Crippen LogP contribution in [0.5, 0.6) is 0 Å². The van der Waals surface area contributed by atoms with E-state index in [1.165, 1.54) is 54.6 Å². The summed E-state index contributed by atoms with van der Waals surface area (Å²) >= 11 is 0.768. The zero-order chi connectivity index (χ0) is 21.7. The number of carbonyl (C=O) groups excluding carboxylic acids is 3. The van der Waals surface area contributed by atoms with Gasteiger partial charge in [0.1, 0.15) is 0 Å². The second-order valence-corrected chi connectivity index (χ2v) is 7.12. The highest BCUT2D eigenvalue weighted by atomic mass is 32.2. The van der Waals surface area contributed by atoms with Crippen LogP contribution in [0.4, 0.5) is 10.5 Å². The molecule has 0 bridgehead atoms. The number of nitro benzene ring substituents is 1. The zero-order valence-electron chi connectivity index (χ0n) is 15.4. The Morgan fingerprint density at radius 1 is 1.17 bits per heavy atom. The predicted octanol–water partition coefficient (Wildman–Crippen LogP) is 2.93. The predicted molar refractivity (Wildman–Crippen MR) is 109 cm³/mol. The Morgan fingerprint density at radius 3 is 2.43 bits per heavy atom. The molecule has 2 aromatic carbocycles. The van der Waals surface area contributed by atoms with Crippen LogP contribution in [0.3, 0.4) is 0 Å². The van der Waals surface area contributed by atoms with Gasteiger partial charge in [-0.05, 0) is 59.8 Å². The van der Waals surface area contributed by atoms with Gasteiger partial charge < -0.3 is 5.32 Å². The maximum absolute atomic E-state index is 12.5. The number of thioether (sulfide) groups is 1. The minimum atomic E-state index is -0.524. The molecule has 0 unspecified atom stereocenters. The molecule has 10 heteroatoms. The van der Waals surface area contributed by atoms with Gasteiger partial charge in [-0.2, -0.15) is 5.26 Å². The molecule has 2 aromatic rings. The summed E-state index contributed by atoms with van der Waals surface area (Å²) in [5.74, 6) is -0.871. The maximum atomic E-state index is 12.5. The molecule has 0 aliphatic carbocycles. The Bertz CT molecular complexity index is 1090. The number of hydrogen-bond donors (Lipinski definition) is 1. The SMILES string of the molecule is N#Cc1ccc(C(=O)NCCN2C(=O)S/C(=C\c3ccc([N+](=O)[O-])cc3)C2=O)cc1. The first kappa shape index (κ1) is 20.8. The van der Waals surface area contributed by atoms with E-state index in [9.17, 15) is 24.5 Å². The fraction of sp³-hybridized carbons (Fsp3) is 0.100. The van der Waals surface area contributed by atoms with Crippen LogP contribution < -0.4 is 5.32 Å². The van der Waals surface area contributed by atoms with Crippen molar-refractivity contribution in [3.63, 3.8) is 0 Å². The molecule has 150 valence electrons. The van der Waals surface area contributed by atoms with E-state index >= 15 is 0 Å². The second-order valence-electron chi connectivity index (χ2n) is 6.13. The molecule has 0 saturated carbocycles. The lowest BCUT2D eigenvalue weighted by Gasteiger charge is -2.13. The number of benzene rings is 2.